The summed E-state index contributed by atoms with van der Waals surface area (Å²) < 4.78 is 86.8. The molecule has 0 bridgehead atoms. The first-order valence-electron chi connectivity index (χ1n) is 48.2. The Morgan fingerprint density at radius 2 is 0.444 bits per heavy atom. The van der Waals surface area contributed by atoms with Gasteiger partial charge in [-0.3, -0.25) is 0 Å². The fourth-order valence-electron chi connectivity index (χ4n) is 6.60. The fourth-order valence-corrected chi connectivity index (χ4v) is 6.60. The third-order valence-electron chi connectivity index (χ3n) is 14.4. The van der Waals surface area contributed by atoms with E-state index in [1.807, 2.05) is 104 Å². The minimum Gasteiger partial charge on any atom is -0.385 e. The molecule has 736 valence electrons. The van der Waals surface area contributed by atoms with E-state index in [0.29, 0.717) is 73.2 Å². The molecule has 0 radical (unpaired) electrons. The summed E-state index contributed by atoms with van der Waals surface area (Å²) in [5.74, 6) is 0. The van der Waals surface area contributed by atoms with Crippen molar-refractivity contribution < 1.29 is 80.5 Å². The van der Waals surface area contributed by atoms with Crippen LogP contribution in [-0.2, 0) is 80.5 Å². The van der Waals surface area contributed by atoms with Crippen LogP contribution in [-0.4, -0.2) is 220 Å². The van der Waals surface area contributed by atoms with E-state index in [9.17, 15) is 0 Å². The van der Waals surface area contributed by atoms with Crippen LogP contribution in [0, 0.1) is 0 Å². The van der Waals surface area contributed by atoms with Crippen LogP contribution in [0.5, 0.6) is 0 Å². The van der Waals surface area contributed by atoms with Gasteiger partial charge in [0.1, 0.15) is 0 Å². The lowest BCUT2D eigenvalue weighted by molar-refractivity contribution is 0.00529. The van der Waals surface area contributed by atoms with Crippen molar-refractivity contribution in [1.29, 1.82) is 0 Å². The molecule has 0 aromatic heterocycles. The molecule has 117 heavy (non-hydrogen) atoms. The number of methoxy groups -OCH3 is 4. The van der Waals surface area contributed by atoms with Crippen LogP contribution in [0.25, 0.3) is 0 Å². The van der Waals surface area contributed by atoms with Gasteiger partial charge in [-0.05, 0) is 297 Å². The molecule has 0 aromatic carbocycles. The largest absolute Gasteiger partial charge is 0.385 e. The molecule has 7 atom stereocenters. The van der Waals surface area contributed by atoms with Gasteiger partial charge in [0.15, 0.2) is 0 Å². The normalized spacial score (nSPS) is 11.8. The Balaban J connectivity index is -0.0000000608. The zero-order valence-corrected chi connectivity index (χ0v) is 89.9. The van der Waals surface area contributed by atoms with Crippen molar-refractivity contribution in [2.45, 2.75) is 525 Å². The quantitative estimate of drug-likeness (QED) is 0.0529. The topological polar surface area (TPSA) is 157 Å². The highest BCUT2D eigenvalue weighted by Gasteiger charge is 2.07. The summed E-state index contributed by atoms with van der Waals surface area (Å²) in [6.45, 7) is 106. The van der Waals surface area contributed by atoms with Gasteiger partial charge in [0.05, 0.1) is 78.8 Å². The standard InChI is InChI=1S/C9H20O.2C8H18O.2C7H16O.5C6H14O.4C5H12O.2C4H10O.C3H8O/c1-4-6-8-10-9(3)7-5-2;1-4-6-7-9-8(3)5-2;1-4-6-8(3)9-7-5-2;1-4-5-6-8-7(2)3;1-4-6-8-7(3)5-2;1-5-7-6(2,3)4;1-4-5-6(2)7-3;1-4-5-7-6(2)3;1-4-6(3)7-5-2;1-3-5-6-7-4-2;1-4-5(2)6-3;2*1-4-6-5(2)3;1-3-5-6-4-2;1-4(2)5-3;1-3-5-4-2;1-3-4-2/h9H,4-8H2,1-3H3;2*8H,4-7H2,1-3H3;2*7H,4-6H2,1-3H3;5H2,1-4H3;3*6H,4-5H2,1-3H3;3-6H2,1-2H3;3*5H,4H2,1-3H3;3-5H2,1-2H3;4H,1-3H3;3-4H2,1-2H3;3H2,1-2H3. The van der Waals surface area contributed by atoms with E-state index in [0.717, 1.165) is 164 Å². The summed E-state index contributed by atoms with van der Waals surface area (Å²) in [6.07, 6.45) is 31.1. The van der Waals surface area contributed by atoms with Crippen molar-refractivity contribution >= 4 is 0 Å². The lowest BCUT2D eigenvalue weighted by Gasteiger charge is -2.17. The lowest BCUT2D eigenvalue weighted by Crippen LogP contribution is -2.18. The molecular weight excluding hydrogens is 1470 g/mol. The van der Waals surface area contributed by atoms with Gasteiger partial charge in [-0.15, -0.1) is 0 Å². The molecule has 0 amide bonds. The number of rotatable bonds is 51. The Hall–Kier alpha value is -0.680. The van der Waals surface area contributed by atoms with Gasteiger partial charge in [-0.1, -0.05) is 149 Å². The van der Waals surface area contributed by atoms with Crippen molar-refractivity contribution in [3.63, 3.8) is 0 Å². The van der Waals surface area contributed by atoms with E-state index in [4.69, 9.17) is 75.8 Å². The van der Waals surface area contributed by atoms with Gasteiger partial charge in [0.2, 0.25) is 0 Å². The summed E-state index contributed by atoms with van der Waals surface area (Å²) in [7, 11) is 6.86. The van der Waals surface area contributed by atoms with E-state index in [2.05, 4.69) is 206 Å². The van der Waals surface area contributed by atoms with Gasteiger partial charge in [-0.25, -0.2) is 0 Å². The third kappa shape index (κ3) is 283. The number of ether oxygens (including phenoxy) is 17. The maximum atomic E-state index is 5.52. The molecule has 0 heterocycles. The third-order valence-corrected chi connectivity index (χ3v) is 14.4. The first-order chi connectivity index (χ1) is 55.2. The minimum atomic E-state index is 0.0503. The van der Waals surface area contributed by atoms with Crippen LogP contribution >= 0.6 is 0 Å². The molecule has 0 aliphatic carbocycles. The van der Waals surface area contributed by atoms with Gasteiger partial charge in [0.25, 0.3) is 0 Å². The predicted octanol–water partition coefficient (Wildman–Crippen LogP) is 30.2. The predicted molar refractivity (Wildman–Crippen MR) is 524 cm³/mol. The van der Waals surface area contributed by atoms with Crippen LogP contribution in [0.3, 0.4) is 0 Å². The van der Waals surface area contributed by atoms with E-state index >= 15 is 0 Å². The smallest absolute Gasteiger partial charge is 0.0598 e. The summed E-state index contributed by atoms with van der Waals surface area (Å²) in [4.78, 5) is 0. The van der Waals surface area contributed by atoms with Crippen LogP contribution in [0.1, 0.15) is 446 Å². The first kappa shape index (κ1) is 157. The van der Waals surface area contributed by atoms with Gasteiger partial charge in [0, 0.05) is 141 Å². The summed E-state index contributed by atoms with van der Waals surface area (Å²) >= 11 is 0. The molecule has 0 saturated heterocycles. The molecule has 0 fully saturated rings. The van der Waals surface area contributed by atoms with E-state index in [1.165, 1.54) is 89.9 Å². The van der Waals surface area contributed by atoms with E-state index in [-0.39, 0.29) is 5.60 Å². The maximum Gasteiger partial charge on any atom is 0.0598 e. The Kier molecular flexibility index (Phi) is 213. The van der Waals surface area contributed by atoms with E-state index in [1.54, 1.807) is 28.4 Å². The zero-order valence-electron chi connectivity index (χ0n) is 89.9. The molecule has 17 heteroatoms. The zero-order chi connectivity index (χ0) is 95.0. The highest BCUT2D eigenvalue weighted by molar-refractivity contribution is 4.57. The van der Waals surface area contributed by atoms with Gasteiger partial charge >= 0.3 is 0 Å². The van der Waals surface area contributed by atoms with Crippen molar-refractivity contribution in [3.05, 3.63) is 0 Å². The Morgan fingerprint density at radius 3 is 0.607 bits per heavy atom. The minimum absolute atomic E-state index is 0.0503. The lowest BCUT2D eigenvalue weighted by atomic mass is 10.2. The van der Waals surface area contributed by atoms with Gasteiger partial charge in [-0.2, -0.15) is 0 Å². The molecule has 0 aliphatic rings. The highest BCUT2D eigenvalue weighted by Crippen LogP contribution is 2.06. The molecule has 0 aromatic rings. The molecule has 0 N–H and O–H groups in total. The van der Waals surface area contributed by atoms with Crippen molar-refractivity contribution in [1.82, 2.24) is 0 Å². The average Bonchev–Trinajstić information content (AvgIpc) is 1.01. The second kappa shape index (κ2) is 159. The molecule has 0 saturated carbocycles. The summed E-state index contributed by atoms with van der Waals surface area (Å²) in [5.41, 5.74) is 0.0503. The van der Waals surface area contributed by atoms with Crippen molar-refractivity contribution in [2.24, 2.45) is 0 Å². The van der Waals surface area contributed by atoms with Crippen molar-refractivity contribution in [2.75, 3.05) is 141 Å². The molecule has 7 unspecified atom stereocenters. The highest BCUT2D eigenvalue weighted by atomic mass is 16.5. The van der Waals surface area contributed by atoms with Crippen molar-refractivity contribution in [3.8, 4) is 0 Å². The van der Waals surface area contributed by atoms with E-state index < -0.39 is 0 Å². The van der Waals surface area contributed by atoms with Crippen LogP contribution in [0.15, 0.2) is 0 Å². The number of hydrogen-bond donors (Lipinski definition) is 0. The summed E-state index contributed by atoms with van der Waals surface area (Å²) in [5, 5.41) is 0. The van der Waals surface area contributed by atoms with Crippen LogP contribution in [0.4, 0.5) is 0 Å². The van der Waals surface area contributed by atoms with Gasteiger partial charge < -0.3 is 80.5 Å². The fraction of sp³-hybridized carbons (Fsp3) is 1.00. The number of unbranched alkanes of at least 4 members (excludes halogenated alkanes) is 4. The molecular formula is C100H234O17. The molecule has 0 aliphatic heterocycles. The maximum absolute atomic E-state index is 5.52. The second-order valence-corrected chi connectivity index (χ2v) is 29.9. The monoisotopic (exact) mass is 1710 g/mol. The Bertz CT molecular complexity index is 1310. The average molecular weight is 1710 g/mol. The molecule has 0 spiro atoms. The molecule has 0 rings (SSSR count). The SMILES string of the molecule is CCC(C)OC.CCCC(C)OC.CCCCOC(C)C.CCCCOC(C)CC.CCCCOC(C)CCC.CCCCOCC.CCCOC(C)C.CCCOC(C)CC.CCCOC(C)CCC.CCCOCC.CCOC.CCOC(C)(C)C.CCOC(C)C.CCOC(C)C.CCOC(C)CC.CCOCC.COC(C)C. The second-order valence-electron chi connectivity index (χ2n) is 29.9. The first-order valence-corrected chi connectivity index (χ1v) is 48.2. The van der Waals surface area contributed by atoms with Crippen LogP contribution < -0.4 is 0 Å². The summed E-state index contributed by atoms with van der Waals surface area (Å²) in [6, 6.07) is 0. The number of hydrogen-bond acceptors (Lipinski definition) is 17. The van der Waals surface area contributed by atoms with Crippen LogP contribution in [0.2, 0.25) is 0 Å². The Labute approximate surface area is 742 Å². The molecule has 17 nitrogen and oxygen atoms in total. The Morgan fingerprint density at radius 1 is 0.197 bits per heavy atom.